The number of carbonyl (C=O) groups is 2. The fourth-order valence-corrected chi connectivity index (χ4v) is 3.04. The second-order valence-corrected chi connectivity index (χ2v) is 7.18. The Kier molecular flexibility index (Phi) is 5.38. The number of thiazole rings is 1. The molecule has 0 bridgehead atoms. The van der Waals surface area contributed by atoms with Crippen LogP contribution in [0.15, 0.2) is 29.6 Å². The van der Waals surface area contributed by atoms with Crippen molar-refractivity contribution in [2.45, 2.75) is 26.8 Å². The number of hydrogen-bond donors (Lipinski definition) is 2. The molecular weight excluding hydrogens is 336 g/mol. The third-order valence-corrected chi connectivity index (χ3v) is 4.40. The topological polar surface area (TPSA) is 79.3 Å². The Morgan fingerprint density at radius 2 is 2.13 bits per heavy atom. The van der Waals surface area contributed by atoms with E-state index in [0.717, 1.165) is 5.56 Å². The van der Waals surface area contributed by atoms with Crippen LogP contribution in [0.4, 0.5) is 0 Å². The van der Waals surface area contributed by atoms with Gasteiger partial charge in [0.2, 0.25) is 5.91 Å². The van der Waals surface area contributed by atoms with Crippen LogP contribution in [-0.4, -0.2) is 22.0 Å². The van der Waals surface area contributed by atoms with Crippen LogP contribution in [-0.2, 0) is 17.8 Å². The summed E-state index contributed by atoms with van der Waals surface area (Å²) in [4.78, 5) is 27.1. The van der Waals surface area contributed by atoms with E-state index >= 15 is 0 Å². The minimum absolute atomic E-state index is 0.00237. The minimum atomic E-state index is -1.07. The van der Waals surface area contributed by atoms with Gasteiger partial charge >= 0.3 is 5.97 Å². The summed E-state index contributed by atoms with van der Waals surface area (Å²) in [5.41, 5.74) is 0.370. The molecule has 1 aromatic carbocycles. The van der Waals surface area contributed by atoms with Crippen molar-refractivity contribution < 1.29 is 14.7 Å². The molecule has 0 saturated heterocycles. The van der Waals surface area contributed by atoms with E-state index in [4.69, 9.17) is 16.7 Å². The standard InChI is InChI=1S/C16H17ClN2O3S/c1-16(2,7-10-4-3-5-11(17)6-10)15(22)18-8-13-19-12(9-23-13)14(20)21/h3-6,9H,7-8H2,1-2H3,(H,18,22)(H,20,21). The number of amides is 1. The van der Waals surface area contributed by atoms with Gasteiger partial charge in [0.15, 0.2) is 5.69 Å². The molecule has 2 N–H and O–H groups in total. The van der Waals surface area contributed by atoms with Crippen molar-refractivity contribution in [3.8, 4) is 0 Å². The normalized spacial score (nSPS) is 11.3. The summed E-state index contributed by atoms with van der Waals surface area (Å²) in [6.45, 7) is 3.93. The number of carboxylic acid groups (broad SMARTS) is 1. The highest BCUT2D eigenvalue weighted by atomic mass is 35.5. The van der Waals surface area contributed by atoms with E-state index in [-0.39, 0.29) is 18.1 Å². The fourth-order valence-electron chi connectivity index (χ4n) is 2.12. The molecule has 23 heavy (non-hydrogen) atoms. The Balaban J connectivity index is 1.96. The maximum absolute atomic E-state index is 12.4. The highest BCUT2D eigenvalue weighted by Gasteiger charge is 2.28. The number of aromatic carboxylic acids is 1. The number of nitrogens with one attached hydrogen (secondary N) is 1. The first-order chi connectivity index (χ1) is 10.8. The summed E-state index contributed by atoms with van der Waals surface area (Å²) in [5, 5.41) is 14.3. The van der Waals surface area contributed by atoms with Crippen LogP contribution < -0.4 is 5.32 Å². The number of benzene rings is 1. The molecule has 0 unspecified atom stereocenters. The van der Waals surface area contributed by atoms with Gasteiger partial charge in [-0.3, -0.25) is 4.79 Å². The van der Waals surface area contributed by atoms with Crippen LogP contribution in [0.1, 0.15) is 34.9 Å². The number of carboxylic acids is 1. The van der Waals surface area contributed by atoms with Crippen LogP contribution in [0.5, 0.6) is 0 Å². The zero-order valence-corrected chi connectivity index (χ0v) is 14.4. The zero-order chi connectivity index (χ0) is 17.0. The van der Waals surface area contributed by atoms with Gasteiger partial charge in [-0.05, 0) is 24.1 Å². The molecule has 0 atom stereocenters. The van der Waals surface area contributed by atoms with E-state index in [9.17, 15) is 9.59 Å². The number of rotatable bonds is 6. The molecule has 0 aliphatic carbocycles. The summed E-state index contributed by atoms with van der Waals surface area (Å²) < 4.78 is 0. The molecule has 1 amide bonds. The third kappa shape index (κ3) is 4.77. The first-order valence-electron chi connectivity index (χ1n) is 6.98. The Morgan fingerprint density at radius 3 is 2.74 bits per heavy atom. The van der Waals surface area contributed by atoms with Crippen molar-refractivity contribution in [1.29, 1.82) is 0 Å². The van der Waals surface area contributed by atoms with Crippen molar-refractivity contribution in [3.05, 3.63) is 50.9 Å². The Bertz CT molecular complexity index is 728. The average Bonchev–Trinajstić information content (AvgIpc) is 2.93. The SMILES string of the molecule is CC(C)(Cc1cccc(Cl)c1)C(=O)NCc1nc(C(=O)O)cs1. The Labute approximate surface area is 143 Å². The van der Waals surface area contributed by atoms with E-state index < -0.39 is 11.4 Å². The van der Waals surface area contributed by atoms with Crippen LogP contribution in [0.2, 0.25) is 5.02 Å². The van der Waals surface area contributed by atoms with Crippen LogP contribution in [0.25, 0.3) is 0 Å². The molecule has 2 aromatic rings. The fraction of sp³-hybridized carbons (Fsp3) is 0.312. The minimum Gasteiger partial charge on any atom is -0.476 e. The number of aromatic nitrogens is 1. The van der Waals surface area contributed by atoms with E-state index in [2.05, 4.69) is 10.3 Å². The molecule has 122 valence electrons. The van der Waals surface area contributed by atoms with Gasteiger partial charge in [0.05, 0.1) is 6.54 Å². The van der Waals surface area contributed by atoms with Crippen molar-refractivity contribution >= 4 is 34.8 Å². The number of hydrogen-bond acceptors (Lipinski definition) is 4. The molecule has 2 rings (SSSR count). The molecule has 0 spiro atoms. The monoisotopic (exact) mass is 352 g/mol. The first kappa shape index (κ1) is 17.4. The van der Waals surface area contributed by atoms with Crippen molar-refractivity contribution in [1.82, 2.24) is 10.3 Å². The van der Waals surface area contributed by atoms with E-state index in [0.29, 0.717) is 16.5 Å². The molecule has 0 saturated carbocycles. The van der Waals surface area contributed by atoms with Crippen LogP contribution in [0.3, 0.4) is 0 Å². The van der Waals surface area contributed by atoms with E-state index in [1.54, 1.807) is 6.07 Å². The summed E-state index contributed by atoms with van der Waals surface area (Å²) >= 11 is 7.18. The van der Waals surface area contributed by atoms with Gasteiger partial charge in [0.25, 0.3) is 0 Å². The molecule has 7 heteroatoms. The second-order valence-electron chi connectivity index (χ2n) is 5.80. The van der Waals surface area contributed by atoms with Crippen molar-refractivity contribution in [2.24, 2.45) is 5.41 Å². The predicted molar refractivity (Wildman–Crippen MR) is 89.9 cm³/mol. The lowest BCUT2D eigenvalue weighted by Gasteiger charge is -2.23. The van der Waals surface area contributed by atoms with Crippen LogP contribution >= 0.6 is 22.9 Å². The Hall–Kier alpha value is -1.92. The molecule has 1 heterocycles. The van der Waals surface area contributed by atoms with Crippen LogP contribution in [0, 0.1) is 5.41 Å². The molecule has 0 aliphatic heterocycles. The first-order valence-corrected chi connectivity index (χ1v) is 8.24. The smallest absolute Gasteiger partial charge is 0.355 e. The quantitative estimate of drug-likeness (QED) is 0.835. The van der Waals surface area contributed by atoms with Gasteiger partial charge in [0, 0.05) is 15.8 Å². The van der Waals surface area contributed by atoms with Gasteiger partial charge in [-0.15, -0.1) is 11.3 Å². The number of carbonyl (C=O) groups excluding carboxylic acids is 1. The number of halogens is 1. The summed E-state index contributed by atoms with van der Waals surface area (Å²) in [7, 11) is 0. The van der Waals surface area contributed by atoms with E-state index in [1.807, 2.05) is 32.0 Å². The van der Waals surface area contributed by atoms with Gasteiger partial charge in [-0.1, -0.05) is 37.6 Å². The highest BCUT2D eigenvalue weighted by Crippen LogP contribution is 2.24. The third-order valence-electron chi connectivity index (χ3n) is 3.32. The van der Waals surface area contributed by atoms with Crippen molar-refractivity contribution in [3.63, 3.8) is 0 Å². The highest BCUT2D eigenvalue weighted by molar-refractivity contribution is 7.09. The predicted octanol–water partition coefficient (Wildman–Crippen LogP) is 3.38. The molecule has 0 fully saturated rings. The van der Waals surface area contributed by atoms with Gasteiger partial charge < -0.3 is 10.4 Å². The molecular formula is C16H17ClN2O3S. The zero-order valence-electron chi connectivity index (χ0n) is 12.8. The lowest BCUT2D eigenvalue weighted by Crippen LogP contribution is -2.38. The van der Waals surface area contributed by atoms with Gasteiger partial charge in [-0.25, -0.2) is 9.78 Å². The van der Waals surface area contributed by atoms with Gasteiger partial charge in [0.1, 0.15) is 5.01 Å². The largest absolute Gasteiger partial charge is 0.476 e. The Morgan fingerprint density at radius 1 is 1.39 bits per heavy atom. The molecule has 1 aromatic heterocycles. The van der Waals surface area contributed by atoms with Crippen molar-refractivity contribution in [2.75, 3.05) is 0 Å². The van der Waals surface area contributed by atoms with Gasteiger partial charge in [-0.2, -0.15) is 0 Å². The maximum Gasteiger partial charge on any atom is 0.355 e. The number of nitrogens with zero attached hydrogens (tertiary/aromatic N) is 1. The van der Waals surface area contributed by atoms with E-state index in [1.165, 1.54) is 16.7 Å². The lowest BCUT2D eigenvalue weighted by molar-refractivity contribution is -0.129. The lowest BCUT2D eigenvalue weighted by atomic mass is 9.85. The summed E-state index contributed by atoms with van der Waals surface area (Å²) in [6, 6.07) is 7.42. The molecule has 0 radical (unpaired) electrons. The second kappa shape index (κ2) is 7.10. The molecule has 0 aliphatic rings. The molecule has 5 nitrogen and oxygen atoms in total. The summed E-state index contributed by atoms with van der Waals surface area (Å²) in [5.74, 6) is -1.19. The maximum atomic E-state index is 12.4. The average molecular weight is 353 g/mol. The summed E-state index contributed by atoms with van der Waals surface area (Å²) in [6.07, 6.45) is 0.553.